The highest BCUT2D eigenvalue weighted by Crippen LogP contribution is 2.38. The lowest BCUT2D eigenvalue weighted by Crippen LogP contribution is -2.52. The van der Waals surface area contributed by atoms with E-state index in [1.54, 1.807) is 7.11 Å². The molecule has 16 heavy (non-hydrogen) atoms. The Labute approximate surface area is 94.2 Å². The van der Waals surface area contributed by atoms with Crippen LogP contribution in [0.3, 0.4) is 0 Å². The smallest absolute Gasteiger partial charge is 0.239 e. The number of fused-ring (bicyclic) bond motifs is 3. The van der Waals surface area contributed by atoms with Gasteiger partial charge >= 0.3 is 0 Å². The van der Waals surface area contributed by atoms with E-state index in [9.17, 15) is 4.79 Å². The maximum atomic E-state index is 11.4. The fourth-order valence-corrected chi connectivity index (χ4v) is 2.60. The van der Waals surface area contributed by atoms with Crippen molar-refractivity contribution < 1.29 is 9.53 Å². The number of nitrogens with one attached hydrogen (secondary N) is 1. The monoisotopic (exact) mass is 218 g/mol. The Bertz CT molecular complexity index is 445. The van der Waals surface area contributed by atoms with Crippen molar-refractivity contribution in [2.24, 2.45) is 0 Å². The quantitative estimate of drug-likeness (QED) is 0.748. The van der Waals surface area contributed by atoms with E-state index in [1.165, 1.54) is 5.56 Å². The minimum Gasteiger partial charge on any atom is -0.496 e. The Kier molecular flexibility index (Phi) is 2.02. The van der Waals surface area contributed by atoms with Gasteiger partial charge in [-0.2, -0.15) is 0 Å². The van der Waals surface area contributed by atoms with Crippen LogP contribution in [0.25, 0.3) is 0 Å². The van der Waals surface area contributed by atoms with Crippen molar-refractivity contribution in [3.63, 3.8) is 0 Å². The van der Waals surface area contributed by atoms with Crippen molar-refractivity contribution in [3.8, 4) is 5.75 Å². The third kappa shape index (κ3) is 1.26. The van der Waals surface area contributed by atoms with Crippen molar-refractivity contribution in [2.45, 2.75) is 12.5 Å². The summed E-state index contributed by atoms with van der Waals surface area (Å²) in [4.78, 5) is 13.6. The number of benzene rings is 1. The number of carbonyl (C=O) groups excluding carboxylic acids is 1. The molecule has 0 radical (unpaired) electrons. The van der Waals surface area contributed by atoms with Crippen LogP contribution < -0.4 is 15.0 Å². The van der Waals surface area contributed by atoms with Crippen LogP contribution >= 0.6 is 0 Å². The fraction of sp³-hybridized carbons (Fsp3) is 0.417. The summed E-state index contributed by atoms with van der Waals surface area (Å²) in [5.41, 5.74) is 2.38. The van der Waals surface area contributed by atoms with Crippen LogP contribution in [0.5, 0.6) is 5.75 Å². The number of hydrogen-bond donors (Lipinski definition) is 1. The number of piperazine rings is 1. The molecule has 1 unspecified atom stereocenters. The molecular formula is C12H14N2O2. The molecular weight excluding hydrogens is 204 g/mol. The van der Waals surface area contributed by atoms with Crippen molar-refractivity contribution in [3.05, 3.63) is 23.8 Å². The van der Waals surface area contributed by atoms with Crippen molar-refractivity contribution in [2.75, 3.05) is 25.1 Å². The van der Waals surface area contributed by atoms with Gasteiger partial charge in [-0.3, -0.25) is 4.79 Å². The van der Waals surface area contributed by atoms with E-state index in [0.717, 1.165) is 24.4 Å². The molecule has 0 spiro atoms. The zero-order valence-corrected chi connectivity index (χ0v) is 9.19. The maximum Gasteiger partial charge on any atom is 0.239 e. The molecule has 1 amide bonds. The van der Waals surface area contributed by atoms with Crippen LogP contribution in [0.15, 0.2) is 18.2 Å². The lowest BCUT2D eigenvalue weighted by Gasteiger charge is -2.31. The molecule has 1 atom stereocenters. The van der Waals surface area contributed by atoms with Gasteiger partial charge in [-0.25, -0.2) is 0 Å². The van der Waals surface area contributed by atoms with E-state index in [4.69, 9.17) is 4.74 Å². The average molecular weight is 218 g/mol. The van der Waals surface area contributed by atoms with E-state index in [1.807, 2.05) is 12.1 Å². The molecule has 1 aromatic carbocycles. The minimum absolute atomic E-state index is 0.104. The summed E-state index contributed by atoms with van der Waals surface area (Å²) >= 11 is 0. The first-order valence-corrected chi connectivity index (χ1v) is 5.49. The zero-order valence-electron chi connectivity index (χ0n) is 9.19. The zero-order chi connectivity index (χ0) is 11.1. The van der Waals surface area contributed by atoms with Gasteiger partial charge in [0.05, 0.1) is 19.7 Å². The van der Waals surface area contributed by atoms with Gasteiger partial charge in [0.2, 0.25) is 5.91 Å². The van der Waals surface area contributed by atoms with Gasteiger partial charge in [0.25, 0.3) is 0 Å². The largest absolute Gasteiger partial charge is 0.496 e. The molecule has 2 aliphatic heterocycles. The van der Waals surface area contributed by atoms with Crippen LogP contribution in [0.1, 0.15) is 5.56 Å². The standard InChI is InChI=1S/C12H14N2O2/c1-16-11-4-2-3-10-9(11)5-8-6-13-12(15)7-14(8)10/h2-4,8H,5-7H2,1H3,(H,13,15). The normalized spacial score (nSPS) is 22.4. The second-order valence-corrected chi connectivity index (χ2v) is 4.25. The average Bonchev–Trinajstić information content (AvgIpc) is 2.67. The Hall–Kier alpha value is -1.71. The highest BCUT2D eigenvalue weighted by molar-refractivity contribution is 5.84. The van der Waals surface area contributed by atoms with Crippen molar-refractivity contribution in [1.29, 1.82) is 0 Å². The predicted molar refractivity (Wildman–Crippen MR) is 60.8 cm³/mol. The van der Waals surface area contributed by atoms with Crippen LogP contribution in [-0.4, -0.2) is 32.1 Å². The van der Waals surface area contributed by atoms with Gasteiger partial charge in [0.1, 0.15) is 5.75 Å². The number of anilines is 1. The molecule has 1 N–H and O–H groups in total. The summed E-state index contributed by atoms with van der Waals surface area (Å²) in [7, 11) is 1.69. The summed E-state index contributed by atoms with van der Waals surface area (Å²) in [5, 5.41) is 2.90. The lowest BCUT2D eigenvalue weighted by atomic mass is 10.1. The lowest BCUT2D eigenvalue weighted by molar-refractivity contribution is -0.120. The molecule has 0 aliphatic carbocycles. The number of carbonyl (C=O) groups is 1. The van der Waals surface area contributed by atoms with Crippen LogP contribution in [0.4, 0.5) is 5.69 Å². The van der Waals surface area contributed by atoms with Gasteiger partial charge in [-0.15, -0.1) is 0 Å². The molecule has 0 saturated carbocycles. The Morgan fingerprint density at radius 1 is 1.50 bits per heavy atom. The van der Waals surface area contributed by atoms with E-state index >= 15 is 0 Å². The molecule has 1 fully saturated rings. The van der Waals surface area contributed by atoms with Crippen LogP contribution in [0.2, 0.25) is 0 Å². The number of methoxy groups -OCH3 is 1. The first-order valence-electron chi connectivity index (χ1n) is 5.49. The minimum atomic E-state index is 0.104. The van der Waals surface area contributed by atoms with Crippen molar-refractivity contribution in [1.82, 2.24) is 5.32 Å². The van der Waals surface area contributed by atoms with Gasteiger partial charge in [0, 0.05) is 24.2 Å². The summed E-state index contributed by atoms with van der Waals surface area (Å²) in [6, 6.07) is 6.42. The van der Waals surface area contributed by atoms with E-state index in [-0.39, 0.29) is 5.91 Å². The molecule has 0 bridgehead atoms. The van der Waals surface area contributed by atoms with Gasteiger partial charge in [-0.05, 0) is 12.1 Å². The molecule has 1 saturated heterocycles. The third-order valence-electron chi connectivity index (χ3n) is 3.37. The second kappa shape index (κ2) is 3.40. The van der Waals surface area contributed by atoms with Crippen LogP contribution in [0, 0.1) is 0 Å². The van der Waals surface area contributed by atoms with Gasteiger partial charge < -0.3 is 15.0 Å². The molecule has 4 nitrogen and oxygen atoms in total. The number of hydrogen-bond acceptors (Lipinski definition) is 3. The first kappa shape index (κ1) is 9.51. The first-order chi connectivity index (χ1) is 7.79. The van der Waals surface area contributed by atoms with Gasteiger partial charge in [0.15, 0.2) is 0 Å². The van der Waals surface area contributed by atoms with E-state index in [2.05, 4.69) is 16.3 Å². The SMILES string of the molecule is COc1cccc2c1CC1CNC(=O)CN21. The molecule has 84 valence electrons. The van der Waals surface area contributed by atoms with Crippen molar-refractivity contribution >= 4 is 11.6 Å². The highest BCUT2D eigenvalue weighted by atomic mass is 16.5. The molecule has 0 aromatic heterocycles. The Balaban J connectivity index is 2.02. The number of rotatable bonds is 1. The van der Waals surface area contributed by atoms with Crippen LogP contribution in [-0.2, 0) is 11.2 Å². The number of ether oxygens (including phenoxy) is 1. The van der Waals surface area contributed by atoms with E-state index < -0.39 is 0 Å². The summed E-state index contributed by atoms with van der Waals surface area (Å²) in [6.45, 7) is 1.20. The Morgan fingerprint density at radius 3 is 3.19 bits per heavy atom. The maximum absolute atomic E-state index is 11.4. The highest BCUT2D eigenvalue weighted by Gasteiger charge is 2.35. The fourth-order valence-electron chi connectivity index (χ4n) is 2.60. The molecule has 3 rings (SSSR count). The summed E-state index contributed by atoms with van der Waals surface area (Å²) in [5.74, 6) is 1.03. The number of nitrogens with zero attached hydrogens (tertiary/aromatic N) is 1. The topological polar surface area (TPSA) is 41.6 Å². The summed E-state index contributed by atoms with van der Waals surface area (Å²) in [6.07, 6.45) is 0.958. The number of amides is 1. The molecule has 2 aliphatic rings. The predicted octanol–water partition coefficient (Wildman–Crippen LogP) is 0.556. The molecule has 2 heterocycles. The summed E-state index contributed by atoms with van der Waals surface area (Å²) < 4.78 is 5.36. The third-order valence-corrected chi connectivity index (χ3v) is 3.37. The van der Waals surface area contributed by atoms with Gasteiger partial charge in [-0.1, -0.05) is 6.07 Å². The second-order valence-electron chi connectivity index (χ2n) is 4.25. The molecule has 4 heteroatoms. The Morgan fingerprint density at radius 2 is 2.38 bits per heavy atom. The molecule has 1 aromatic rings. The van der Waals surface area contributed by atoms with E-state index in [0.29, 0.717) is 12.6 Å².